The zero-order chi connectivity index (χ0) is 13.0. The summed E-state index contributed by atoms with van der Waals surface area (Å²) in [4.78, 5) is 10.9. The molecule has 18 heavy (non-hydrogen) atoms. The molecular weight excluding hydrogens is 226 g/mol. The molecule has 0 radical (unpaired) electrons. The van der Waals surface area contributed by atoms with E-state index in [1.807, 2.05) is 24.3 Å². The molecule has 0 N–H and O–H groups in total. The summed E-state index contributed by atoms with van der Waals surface area (Å²) in [6.07, 6.45) is 1.98. The lowest BCUT2D eigenvalue weighted by atomic mass is 9.97. The second-order valence-electron chi connectivity index (χ2n) is 4.33. The molecule has 1 saturated carbocycles. The monoisotopic (exact) mass is 239 g/mol. The Labute approximate surface area is 106 Å². The third-order valence-electron chi connectivity index (χ3n) is 3.09. The van der Waals surface area contributed by atoms with Crippen molar-refractivity contribution < 1.29 is 9.53 Å². The van der Waals surface area contributed by atoms with Crippen molar-refractivity contribution in [2.75, 3.05) is 7.11 Å². The average Bonchev–Trinajstić information content (AvgIpc) is 3.20. The van der Waals surface area contributed by atoms with Crippen molar-refractivity contribution in [2.45, 2.75) is 24.7 Å². The minimum absolute atomic E-state index is 0.0976. The van der Waals surface area contributed by atoms with Crippen LogP contribution in [-0.2, 0) is 14.9 Å². The summed E-state index contributed by atoms with van der Waals surface area (Å²) < 4.78 is 4.50. The summed E-state index contributed by atoms with van der Waals surface area (Å²) in [6.45, 7) is 0. The molecule has 1 aromatic carbocycles. The number of methoxy groups -OCH3 is 1. The lowest BCUT2D eigenvalue weighted by Gasteiger charge is -2.04. The number of nitrogens with zero attached hydrogens (tertiary/aromatic N) is 1. The fourth-order valence-corrected chi connectivity index (χ4v) is 1.75. The Bertz CT molecular complexity index is 551. The first kappa shape index (κ1) is 12.2. The van der Waals surface area contributed by atoms with E-state index in [1.165, 1.54) is 7.11 Å². The van der Waals surface area contributed by atoms with Crippen LogP contribution < -0.4 is 0 Å². The number of benzene rings is 1. The van der Waals surface area contributed by atoms with Gasteiger partial charge in [0.1, 0.15) is 6.42 Å². The Hall–Kier alpha value is -2.26. The van der Waals surface area contributed by atoms with E-state index < -0.39 is 0 Å². The Morgan fingerprint density at radius 2 is 2.06 bits per heavy atom. The first-order chi connectivity index (χ1) is 8.70. The Balaban J connectivity index is 2.05. The molecule has 0 aromatic heterocycles. The molecule has 1 aliphatic carbocycles. The number of ether oxygens (including phenoxy) is 1. The number of carbonyl (C=O) groups excluding carboxylic acids is 1. The van der Waals surface area contributed by atoms with Gasteiger partial charge in [0.2, 0.25) is 0 Å². The van der Waals surface area contributed by atoms with E-state index in [-0.39, 0.29) is 17.8 Å². The predicted octanol–water partition coefficient (Wildman–Crippen LogP) is 2.16. The maximum atomic E-state index is 10.9. The van der Waals surface area contributed by atoms with Gasteiger partial charge in [-0.25, -0.2) is 0 Å². The molecule has 1 aliphatic rings. The van der Waals surface area contributed by atoms with E-state index in [0.717, 1.165) is 24.0 Å². The fraction of sp³-hybridized carbons (Fsp3) is 0.333. The van der Waals surface area contributed by atoms with Crippen LogP contribution in [0.25, 0.3) is 0 Å². The van der Waals surface area contributed by atoms with Crippen molar-refractivity contribution in [3.05, 3.63) is 35.4 Å². The van der Waals surface area contributed by atoms with Gasteiger partial charge in [0.15, 0.2) is 0 Å². The van der Waals surface area contributed by atoms with Gasteiger partial charge >= 0.3 is 5.97 Å². The largest absolute Gasteiger partial charge is 0.468 e. The van der Waals surface area contributed by atoms with Gasteiger partial charge in [-0.1, -0.05) is 24.0 Å². The highest BCUT2D eigenvalue weighted by atomic mass is 16.5. The first-order valence-electron chi connectivity index (χ1n) is 5.78. The van der Waals surface area contributed by atoms with Crippen molar-refractivity contribution in [1.29, 1.82) is 5.26 Å². The number of nitriles is 1. The van der Waals surface area contributed by atoms with E-state index in [1.54, 1.807) is 0 Å². The molecule has 0 aliphatic heterocycles. The second-order valence-corrected chi connectivity index (χ2v) is 4.33. The van der Waals surface area contributed by atoms with Crippen LogP contribution in [0.5, 0.6) is 0 Å². The van der Waals surface area contributed by atoms with Gasteiger partial charge in [-0.05, 0) is 30.5 Å². The highest BCUT2D eigenvalue weighted by molar-refractivity contribution is 5.72. The van der Waals surface area contributed by atoms with E-state index in [0.29, 0.717) is 0 Å². The summed E-state index contributed by atoms with van der Waals surface area (Å²) in [7, 11) is 1.34. The molecule has 0 spiro atoms. The number of hydrogen-bond donors (Lipinski definition) is 0. The highest BCUT2D eigenvalue weighted by Gasteiger charge is 2.44. The van der Waals surface area contributed by atoms with Gasteiger partial charge in [0, 0.05) is 5.56 Å². The Kier molecular flexibility index (Phi) is 3.35. The molecule has 0 saturated heterocycles. The molecule has 0 atom stereocenters. The van der Waals surface area contributed by atoms with Crippen LogP contribution in [0, 0.1) is 23.2 Å². The first-order valence-corrected chi connectivity index (χ1v) is 5.78. The maximum absolute atomic E-state index is 10.9. The van der Waals surface area contributed by atoms with E-state index >= 15 is 0 Å². The second kappa shape index (κ2) is 4.94. The topological polar surface area (TPSA) is 50.1 Å². The number of esters is 1. The lowest BCUT2D eigenvalue weighted by molar-refractivity contribution is -0.139. The Morgan fingerprint density at radius 1 is 1.39 bits per heavy atom. The van der Waals surface area contributed by atoms with Crippen molar-refractivity contribution >= 4 is 5.97 Å². The third kappa shape index (κ3) is 2.52. The quantitative estimate of drug-likeness (QED) is 0.587. The van der Waals surface area contributed by atoms with Crippen LogP contribution in [0.1, 0.15) is 30.4 Å². The van der Waals surface area contributed by atoms with Gasteiger partial charge in [0.25, 0.3) is 0 Å². The molecule has 1 fully saturated rings. The zero-order valence-corrected chi connectivity index (χ0v) is 10.2. The fourth-order valence-electron chi connectivity index (χ4n) is 1.75. The van der Waals surface area contributed by atoms with Crippen LogP contribution in [-0.4, -0.2) is 13.1 Å². The number of hydrogen-bond acceptors (Lipinski definition) is 3. The normalized spacial score (nSPS) is 14.9. The summed E-state index contributed by atoms with van der Waals surface area (Å²) in [5.74, 6) is 5.31. The third-order valence-corrected chi connectivity index (χ3v) is 3.09. The van der Waals surface area contributed by atoms with E-state index in [4.69, 9.17) is 5.26 Å². The van der Waals surface area contributed by atoms with Crippen LogP contribution in [0.3, 0.4) is 0 Å². The van der Waals surface area contributed by atoms with Gasteiger partial charge in [-0.3, -0.25) is 4.79 Å². The summed E-state index contributed by atoms with van der Waals surface area (Å²) in [6, 6.07) is 10.0. The average molecular weight is 239 g/mol. The molecule has 0 unspecified atom stereocenters. The molecular formula is C15H13NO2. The van der Waals surface area contributed by atoms with Gasteiger partial charge in [-0.2, -0.15) is 5.26 Å². The van der Waals surface area contributed by atoms with Crippen LogP contribution in [0.15, 0.2) is 24.3 Å². The van der Waals surface area contributed by atoms with Crippen molar-refractivity contribution in [2.24, 2.45) is 0 Å². The Morgan fingerprint density at radius 3 is 2.56 bits per heavy atom. The summed E-state index contributed by atoms with van der Waals surface area (Å²) in [5.41, 5.74) is 1.65. The zero-order valence-electron chi connectivity index (χ0n) is 10.2. The standard InChI is InChI=1S/C15H13NO2/c1-18-14(17)4-2-3-12-5-7-13(8-6-12)15(11-16)9-10-15/h5-8H,4,9-10H2,1H3. The molecule has 0 heterocycles. The highest BCUT2D eigenvalue weighted by Crippen LogP contribution is 2.47. The summed E-state index contributed by atoms with van der Waals surface area (Å²) in [5, 5.41) is 9.08. The number of rotatable bonds is 2. The molecule has 2 rings (SSSR count). The minimum Gasteiger partial charge on any atom is -0.468 e. The molecule has 0 bridgehead atoms. The molecule has 90 valence electrons. The summed E-state index contributed by atoms with van der Waals surface area (Å²) >= 11 is 0. The van der Waals surface area contributed by atoms with Gasteiger partial charge < -0.3 is 4.74 Å². The van der Waals surface area contributed by atoms with Crippen LogP contribution >= 0.6 is 0 Å². The molecule has 3 nitrogen and oxygen atoms in total. The van der Waals surface area contributed by atoms with E-state index in [9.17, 15) is 4.79 Å². The molecule has 1 aromatic rings. The predicted molar refractivity (Wildman–Crippen MR) is 66.5 cm³/mol. The SMILES string of the molecule is COC(=O)CC#Cc1ccc(C2(C#N)CC2)cc1. The number of carbonyl (C=O) groups is 1. The maximum Gasteiger partial charge on any atom is 0.317 e. The molecule has 0 amide bonds. The van der Waals surface area contributed by atoms with Crippen LogP contribution in [0.4, 0.5) is 0 Å². The smallest absolute Gasteiger partial charge is 0.317 e. The van der Waals surface area contributed by atoms with Gasteiger partial charge in [0.05, 0.1) is 18.6 Å². The lowest BCUT2D eigenvalue weighted by Crippen LogP contribution is -2.01. The van der Waals surface area contributed by atoms with Gasteiger partial charge in [-0.15, -0.1) is 0 Å². The molecule has 3 heteroatoms. The van der Waals surface area contributed by atoms with Crippen molar-refractivity contribution in [3.8, 4) is 17.9 Å². The minimum atomic E-state index is -0.333. The van der Waals surface area contributed by atoms with E-state index in [2.05, 4.69) is 22.6 Å². The van der Waals surface area contributed by atoms with Crippen LogP contribution in [0.2, 0.25) is 0 Å². The van der Waals surface area contributed by atoms with Crippen molar-refractivity contribution in [3.63, 3.8) is 0 Å². The van der Waals surface area contributed by atoms with Crippen molar-refractivity contribution in [1.82, 2.24) is 0 Å².